The molecule has 7 nitrogen and oxygen atoms in total. The standard InChI is InChI=1S/C12H14N2O5/c1-7(11(15)16)13-12(17)14-8-2-3-9-10(6-8)19-5-4-18-9/h2-3,6-7H,4-5H2,1H3,(H,15,16)(H2,13,14,17)/p-1/t7-/m0/s1. The Balaban J connectivity index is 1.99. The third-order valence-electron chi connectivity index (χ3n) is 2.50. The number of urea groups is 1. The summed E-state index contributed by atoms with van der Waals surface area (Å²) in [5.41, 5.74) is 0.479. The fourth-order valence-electron chi connectivity index (χ4n) is 1.54. The minimum Gasteiger partial charge on any atom is -0.548 e. The zero-order valence-corrected chi connectivity index (χ0v) is 10.3. The highest BCUT2D eigenvalue weighted by atomic mass is 16.6. The van der Waals surface area contributed by atoms with Gasteiger partial charge in [-0.15, -0.1) is 0 Å². The first-order chi connectivity index (χ1) is 9.06. The number of amides is 2. The van der Waals surface area contributed by atoms with Gasteiger partial charge < -0.3 is 30.0 Å². The highest BCUT2D eigenvalue weighted by molar-refractivity contribution is 5.92. The fraction of sp³-hybridized carbons (Fsp3) is 0.333. The maximum absolute atomic E-state index is 11.5. The minimum atomic E-state index is -1.35. The van der Waals surface area contributed by atoms with Gasteiger partial charge in [-0.3, -0.25) is 0 Å². The molecule has 0 radical (unpaired) electrons. The molecule has 0 saturated heterocycles. The number of hydrogen-bond donors (Lipinski definition) is 2. The molecule has 102 valence electrons. The van der Waals surface area contributed by atoms with Crippen molar-refractivity contribution in [3.05, 3.63) is 18.2 Å². The summed E-state index contributed by atoms with van der Waals surface area (Å²) in [6, 6.07) is 3.21. The summed E-state index contributed by atoms with van der Waals surface area (Å²) >= 11 is 0. The van der Waals surface area contributed by atoms with Crippen LogP contribution in [0.5, 0.6) is 11.5 Å². The van der Waals surface area contributed by atoms with Gasteiger partial charge in [0.15, 0.2) is 11.5 Å². The van der Waals surface area contributed by atoms with Crippen molar-refractivity contribution in [1.82, 2.24) is 5.32 Å². The van der Waals surface area contributed by atoms with Crippen LogP contribution in [0.25, 0.3) is 0 Å². The predicted molar refractivity (Wildman–Crippen MR) is 64.1 cm³/mol. The monoisotopic (exact) mass is 265 g/mol. The first kappa shape index (κ1) is 13.0. The Labute approximate surface area is 109 Å². The number of carbonyl (C=O) groups is 2. The summed E-state index contributed by atoms with van der Waals surface area (Å²) in [4.78, 5) is 22.0. The number of aliphatic carboxylic acids is 1. The topological polar surface area (TPSA) is 99.7 Å². The predicted octanol–water partition coefficient (Wildman–Crippen LogP) is -0.282. The van der Waals surface area contributed by atoms with Crippen LogP contribution in [-0.2, 0) is 4.79 Å². The van der Waals surface area contributed by atoms with Gasteiger partial charge in [0, 0.05) is 11.8 Å². The molecule has 0 spiro atoms. The van der Waals surface area contributed by atoms with Crippen LogP contribution in [-0.4, -0.2) is 31.3 Å². The zero-order chi connectivity index (χ0) is 13.8. The van der Waals surface area contributed by atoms with Gasteiger partial charge in [-0.25, -0.2) is 4.79 Å². The van der Waals surface area contributed by atoms with Crippen LogP contribution in [0.15, 0.2) is 18.2 Å². The second kappa shape index (κ2) is 5.47. The summed E-state index contributed by atoms with van der Waals surface area (Å²) in [7, 11) is 0. The van der Waals surface area contributed by atoms with E-state index in [1.807, 2.05) is 0 Å². The zero-order valence-electron chi connectivity index (χ0n) is 10.3. The molecule has 0 saturated carbocycles. The summed E-state index contributed by atoms with van der Waals surface area (Å²) in [6.45, 7) is 2.26. The number of carboxylic acid groups (broad SMARTS) is 1. The molecule has 1 heterocycles. The van der Waals surface area contributed by atoms with Crippen molar-refractivity contribution in [2.45, 2.75) is 13.0 Å². The Hall–Kier alpha value is -2.44. The van der Waals surface area contributed by atoms with E-state index in [2.05, 4.69) is 10.6 Å². The normalized spacial score (nSPS) is 14.4. The maximum atomic E-state index is 11.5. The maximum Gasteiger partial charge on any atom is 0.319 e. The summed E-state index contributed by atoms with van der Waals surface area (Å²) < 4.78 is 10.7. The molecule has 1 aliphatic rings. The van der Waals surface area contributed by atoms with Crippen LogP contribution in [0.3, 0.4) is 0 Å². The van der Waals surface area contributed by atoms with Gasteiger partial charge in [0.25, 0.3) is 0 Å². The van der Waals surface area contributed by atoms with E-state index in [0.29, 0.717) is 30.4 Å². The molecule has 7 heteroatoms. The number of nitrogens with one attached hydrogen (secondary N) is 2. The van der Waals surface area contributed by atoms with Crippen LogP contribution < -0.4 is 25.2 Å². The summed E-state index contributed by atoms with van der Waals surface area (Å²) in [5.74, 6) is -0.199. The van der Waals surface area contributed by atoms with E-state index in [9.17, 15) is 14.7 Å². The number of fused-ring (bicyclic) bond motifs is 1. The minimum absolute atomic E-state index is 0.449. The van der Waals surface area contributed by atoms with E-state index in [1.165, 1.54) is 6.92 Å². The average Bonchev–Trinajstić information content (AvgIpc) is 2.38. The summed E-state index contributed by atoms with van der Waals surface area (Å²) in [5, 5.41) is 15.2. The molecule has 19 heavy (non-hydrogen) atoms. The Kier molecular flexibility index (Phi) is 3.74. The molecule has 1 aromatic carbocycles. The quantitative estimate of drug-likeness (QED) is 0.782. The molecule has 0 fully saturated rings. The molecule has 0 bridgehead atoms. The number of anilines is 1. The van der Waals surface area contributed by atoms with E-state index < -0.39 is 18.0 Å². The van der Waals surface area contributed by atoms with Crippen molar-refractivity contribution >= 4 is 17.7 Å². The molecule has 1 aliphatic heterocycles. The number of benzene rings is 1. The van der Waals surface area contributed by atoms with E-state index in [-0.39, 0.29) is 0 Å². The van der Waals surface area contributed by atoms with Crippen LogP contribution in [0.2, 0.25) is 0 Å². The van der Waals surface area contributed by atoms with E-state index in [1.54, 1.807) is 18.2 Å². The van der Waals surface area contributed by atoms with Crippen LogP contribution in [0, 0.1) is 0 Å². The van der Waals surface area contributed by atoms with E-state index >= 15 is 0 Å². The van der Waals surface area contributed by atoms with Crippen molar-refractivity contribution in [3.63, 3.8) is 0 Å². The number of hydrogen-bond acceptors (Lipinski definition) is 5. The van der Waals surface area contributed by atoms with Crippen molar-refractivity contribution in [2.24, 2.45) is 0 Å². The Morgan fingerprint density at radius 2 is 1.95 bits per heavy atom. The highest BCUT2D eigenvalue weighted by Crippen LogP contribution is 2.32. The lowest BCUT2D eigenvalue weighted by Crippen LogP contribution is -2.47. The number of carbonyl (C=O) groups excluding carboxylic acids is 2. The second-order valence-corrected chi connectivity index (χ2v) is 4.00. The lowest BCUT2D eigenvalue weighted by Gasteiger charge is -2.19. The van der Waals surface area contributed by atoms with Crippen molar-refractivity contribution < 1.29 is 24.2 Å². The largest absolute Gasteiger partial charge is 0.548 e. The van der Waals surface area contributed by atoms with Gasteiger partial charge >= 0.3 is 6.03 Å². The first-order valence-electron chi connectivity index (χ1n) is 5.74. The van der Waals surface area contributed by atoms with Crippen molar-refractivity contribution in [3.8, 4) is 11.5 Å². The van der Waals surface area contributed by atoms with Gasteiger partial charge in [-0.05, 0) is 19.1 Å². The first-order valence-corrected chi connectivity index (χ1v) is 5.74. The van der Waals surface area contributed by atoms with Gasteiger partial charge in [0.1, 0.15) is 13.2 Å². The Morgan fingerprint density at radius 1 is 1.26 bits per heavy atom. The molecule has 2 amide bonds. The number of carboxylic acids is 1. The second-order valence-electron chi connectivity index (χ2n) is 4.00. The summed E-state index contributed by atoms with van der Waals surface area (Å²) in [6.07, 6.45) is 0. The van der Waals surface area contributed by atoms with Crippen LogP contribution in [0.1, 0.15) is 6.92 Å². The van der Waals surface area contributed by atoms with Gasteiger partial charge in [0.05, 0.1) is 12.0 Å². The van der Waals surface area contributed by atoms with E-state index in [4.69, 9.17) is 9.47 Å². The molecule has 2 N–H and O–H groups in total. The molecule has 2 rings (SSSR count). The lowest BCUT2D eigenvalue weighted by atomic mass is 10.2. The van der Waals surface area contributed by atoms with Crippen LogP contribution in [0.4, 0.5) is 10.5 Å². The molecule has 0 unspecified atom stereocenters. The number of rotatable bonds is 3. The van der Waals surface area contributed by atoms with Gasteiger partial charge in [-0.2, -0.15) is 0 Å². The van der Waals surface area contributed by atoms with Crippen molar-refractivity contribution in [2.75, 3.05) is 18.5 Å². The molecule has 0 aliphatic carbocycles. The molecular formula is C12H13N2O5-. The van der Waals surface area contributed by atoms with Gasteiger partial charge in [-0.1, -0.05) is 0 Å². The average molecular weight is 265 g/mol. The Morgan fingerprint density at radius 3 is 2.63 bits per heavy atom. The van der Waals surface area contributed by atoms with Gasteiger partial charge in [0.2, 0.25) is 0 Å². The smallest absolute Gasteiger partial charge is 0.319 e. The van der Waals surface area contributed by atoms with Crippen molar-refractivity contribution in [1.29, 1.82) is 0 Å². The van der Waals surface area contributed by atoms with E-state index in [0.717, 1.165) is 0 Å². The fourth-order valence-corrected chi connectivity index (χ4v) is 1.54. The molecular weight excluding hydrogens is 252 g/mol. The SMILES string of the molecule is C[C@H](NC(=O)Nc1ccc2c(c1)OCCO2)C(=O)[O-]. The lowest BCUT2D eigenvalue weighted by molar-refractivity contribution is -0.307. The third-order valence-corrected chi connectivity index (χ3v) is 2.50. The number of ether oxygens (including phenoxy) is 2. The molecule has 1 atom stereocenters. The molecule has 0 aromatic heterocycles. The Bertz CT molecular complexity index is 503. The van der Waals surface area contributed by atoms with Crippen LogP contribution >= 0.6 is 0 Å². The third kappa shape index (κ3) is 3.27. The molecule has 1 aromatic rings. The highest BCUT2D eigenvalue weighted by Gasteiger charge is 2.13.